The van der Waals surface area contributed by atoms with E-state index in [4.69, 9.17) is 0 Å². The maximum absolute atomic E-state index is 13.0. The Balaban J connectivity index is 1.44. The van der Waals surface area contributed by atoms with E-state index in [0.717, 1.165) is 48.9 Å². The summed E-state index contributed by atoms with van der Waals surface area (Å²) < 4.78 is 2.87. The van der Waals surface area contributed by atoms with Gasteiger partial charge >= 0.3 is 0 Å². The van der Waals surface area contributed by atoms with Crippen molar-refractivity contribution in [3.05, 3.63) is 70.1 Å². The predicted octanol–water partition coefficient (Wildman–Crippen LogP) is 5.14. The molecule has 28 heavy (non-hydrogen) atoms. The van der Waals surface area contributed by atoms with Crippen molar-refractivity contribution in [2.45, 2.75) is 39.5 Å². The maximum Gasteiger partial charge on any atom is 0.274 e. The molecule has 0 N–H and O–H groups in total. The van der Waals surface area contributed by atoms with Gasteiger partial charge in [0.25, 0.3) is 5.91 Å². The Morgan fingerprint density at radius 3 is 2.54 bits per heavy atom. The first-order valence-corrected chi connectivity index (χ1v) is 10.8. The highest BCUT2D eigenvalue weighted by molar-refractivity contribution is 9.10. The molecule has 1 aromatic carbocycles. The van der Waals surface area contributed by atoms with E-state index in [2.05, 4.69) is 59.0 Å². The predicted molar refractivity (Wildman–Crippen MR) is 116 cm³/mol. The van der Waals surface area contributed by atoms with Crippen LogP contribution in [0.25, 0.3) is 5.65 Å². The minimum absolute atomic E-state index is 0.0378. The number of pyridine rings is 1. The molecule has 1 aliphatic heterocycles. The van der Waals surface area contributed by atoms with Gasteiger partial charge in [-0.25, -0.2) is 4.98 Å². The third kappa shape index (κ3) is 3.86. The van der Waals surface area contributed by atoms with Crippen molar-refractivity contribution in [2.24, 2.45) is 5.41 Å². The van der Waals surface area contributed by atoms with Crippen LogP contribution in [0.4, 0.5) is 0 Å². The van der Waals surface area contributed by atoms with Crippen LogP contribution in [-0.2, 0) is 12.8 Å². The second-order valence-corrected chi connectivity index (χ2v) is 9.06. The number of imidazole rings is 1. The first kappa shape index (κ1) is 19.2. The zero-order valence-corrected chi connectivity index (χ0v) is 18.1. The van der Waals surface area contributed by atoms with Crippen LogP contribution in [-0.4, -0.2) is 33.3 Å². The second kappa shape index (κ2) is 7.70. The third-order valence-electron chi connectivity index (χ3n) is 6.01. The van der Waals surface area contributed by atoms with Crippen molar-refractivity contribution in [3.8, 4) is 0 Å². The number of fused-ring (bicyclic) bond motifs is 1. The van der Waals surface area contributed by atoms with Crippen LogP contribution in [0.1, 0.15) is 48.3 Å². The fourth-order valence-electron chi connectivity index (χ4n) is 4.19. The van der Waals surface area contributed by atoms with Crippen LogP contribution in [0.5, 0.6) is 0 Å². The molecule has 1 fully saturated rings. The van der Waals surface area contributed by atoms with Gasteiger partial charge < -0.3 is 9.30 Å². The molecular weight excluding hydrogens is 414 g/mol. The van der Waals surface area contributed by atoms with Gasteiger partial charge in [-0.1, -0.05) is 38.1 Å². The van der Waals surface area contributed by atoms with Gasteiger partial charge in [-0.15, -0.1) is 0 Å². The molecule has 0 radical (unpaired) electrons. The summed E-state index contributed by atoms with van der Waals surface area (Å²) in [6.07, 6.45) is 7.96. The van der Waals surface area contributed by atoms with Crippen LogP contribution in [0.15, 0.2) is 53.3 Å². The third-order valence-corrected chi connectivity index (χ3v) is 6.48. The van der Waals surface area contributed by atoms with Crippen LogP contribution >= 0.6 is 15.9 Å². The van der Waals surface area contributed by atoms with Crippen LogP contribution in [0.3, 0.4) is 0 Å². The Bertz CT molecular complexity index is 1000. The van der Waals surface area contributed by atoms with E-state index in [-0.39, 0.29) is 11.3 Å². The van der Waals surface area contributed by atoms with Crippen LogP contribution < -0.4 is 0 Å². The molecule has 2 aromatic heterocycles. The molecule has 0 bridgehead atoms. The van der Waals surface area contributed by atoms with E-state index < -0.39 is 0 Å². The number of halogens is 1. The highest BCUT2D eigenvalue weighted by Gasteiger charge is 2.33. The van der Waals surface area contributed by atoms with Gasteiger partial charge in [0.1, 0.15) is 11.3 Å². The number of benzene rings is 1. The Morgan fingerprint density at radius 2 is 1.82 bits per heavy atom. The van der Waals surface area contributed by atoms with Crippen molar-refractivity contribution in [1.29, 1.82) is 0 Å². The number of nitrogens with zero attached hydrogens (tertiary/aromatic N) is 3. The molecule has 5 heteroatoms. The molecule has 0 unspecified atom stereocenters. The van der Waals surface area contributed by atoms with E-state index in [1.54, 1.807) is 0 Å². The zero-order valence-electron chi connectivity index (χ0n) is 16.5. The molecule has 0 spiro atoms. The summed E-state index contributed by atoms with van der Waals surface area (Å²) in [5.74, 6) is 0.0378. The normalized spacial score (nSPS) is 16.5. The average molecular weight is 440 g/mol. The van der Waals surface area contributed by atoms with Gasteiger partial charge in [0.15, 0.2) is 0 Å². The standard InChI is InChI=1S/C23H26BrN3O/c1-3-17-6-4-5-7-18(17)14-23(2)10-12-26(13-11-23)22(28)20-16-27-15-19(24)8-9-21(27)25-20/h4-9,15-16H,3,10-14H2,1-2H3. The van der Waals surface area contributed by atoms with Gasteiger partial charge in [-0.3, -0.25) is 4.79 Å². The highest BCUT2D eigenvalue weighted by atomic mass is 79.9. The molecule has 1 amide bonds. The summed E-state index contributed by atoms with van der Waals surface area (Å²) in [5, 5.41) is 0. The number of hydrogen-bond donors (Lipinski definition) is 0. The van der Waals surface area contributed by atoms with E-state index in [9.17, 15) is 4.79 Å². The smallest absolute Gasteiger partial charge is 0.274 e. The number of carbonyl (C=O) groups excluding carboxylic acids is 1. The maximum atomic E-state index is 13.0. The highest BCUT2D eigenvalue weighted by Crippen LogP contribution is 2.35. The van der Waals surface area contributed by atoms with Crippen LogP contribution in [0.2, 0.25) is 0 Å². The minimum Gasteiger partial charge on any atom is -0.337 e. The molecule has 3 heterocycles. The van der Waals surface area contributed by atoms with Crippen molar-refractivity contribution in [1.82, 2.24) is 14.3 Å². The fraction of sp³-hybridized carbons (Fsp3) is 0.391. The topological polar surface area (TPSA) is 37.6 Å². The second-order valence-electron chi connectivity index (χ2n) is 8.14. The lowest BCUT2D eigenvalue weighted by atomic mass is 9.74. The molecule has 0 saturated carbocycles. The summed E-state index contributed by atoms with van der Waals surface area (Å²) in [5.41, 5.74) is 4.46. The van der Waals surface area contributed by atoms with Gasteiger partial charge in [-0.05, 0) is 70.3 Å². The van der Waals surface area contributed by atoms with E-state index >= 15 is 0 Å². The van der Waals surface area contributed by atoms with Crippen molar-refractivity contribution in [3.63, 3.8) is 0 Å². The number of piperidine rings is 1. The SMILES string of the molecule is CCc1ccccc1CC1(C)CCN(C(=O)c2cn3cc(Br)ccc3n2)CC1. The molecule has 0 aliphatic carbocycles. The number of carbonyl (C=O) groups is 1. The number of hydrogen-bond acceptors (Lipinski definition) is 2. The Morgan fingerprint density at radius 1 is 1.11 bits per heavy atom. The van der Waals surface area contributed by atoms with E-state index in [0.29, 0.717) is 5.69 Å². The van der Waals surface area contributed by atoms with E-state index in [1.807, 2.05) is 33.8 Å². The number of aryl methyl sites for hydroxylation is 1. The average Bonchev–Trinajstić information content (AvgIpc) is 3.11. The summed E-state index contributed by atoms with van der Waals surface area (Å²) in [7, 11) is 0. The first-order valence-electron chi connectivity index (χ1n) is 9.98. The number of amides is 1. The van der Waals surface area contributed by atoms with Gasteiger partial charge in [0.2, 0.25) is 0 Å². The summed E-state index contributed by atoms with van der Waals surface area (Å²) in [4.78, 5) is 19.4. The largest absolute Gasteiger partial charge is 0.337 e. The quantitative estimate of drug-likeness (QED) is 0.563. The summed E-state index contributed by atoms with van der Waals surface area (Å²) in [6, 6.07) is 12.6. The Kier molecular flexibility index (Phi) is 5.28. The fourth-order valence-corrected chi connectivity index (χ4v) is 4.54. The summed E-state index contributed by atoms with van der Waals surface area (Å²) in [6.45, 7) is 6.17. The number of likely N-dealkylation sites (tertiary alicyclic amines) is 1. The van der Waals surface area contributed by atoms with Gasteiger partial charge in [0.05, 0.1) is 0 Å². The van der Waals surface area contributed by atoms with Crippen molar-refractivity contribution >= 4 is 27.5 Å². The Hall–Kier alpha value is -2.14. The number of aromatic nitrogens is 2. The molecule has 0 atom stereocenters. The lowest BCUT2D eigenvalue weighted by molar-refractivity contribution is 0.0601. The van der Waals surface area contributed by atoms with Gasteiger partial charge in [-0.2, -0.15) is 0 Å². The summed E-state index contributed by atoms with van der Waals surface area (Å²) >= 11 is 3.46. The zero-order chi connectivity index (χ0) is 19.7. The molecule has 4 rings (SSSR count). The number of rotatable bonds is 4. The molecule has 146 valence electrons. The van der Waals surface area contributed by atoms with Crippen molar-refractivity contribution < 1.29 is 4.79 Å². The van der Waals surface area contributed by atoms with E-state index in [1.165, 1.54) is 11.1 Å². The minimum atomic E-state index is 0.0378. The van der Waals surface area contributed by atoms with Crippen molar-refractivity contribution in [2.75, 3.05) is 13.1 Å². The van der Waals surface area contributed by atoms with Crippen LogP contribution in [0, 0.1) is 5.41 Å². The molecule has 4 nitrogen and oxygen atoms in total. The first-order chi connectivity index (χ1) is 13.5. The molecule has 3 aromatic rings. The monoisotopic (exact) mass is 439 g/mol. The molecule has 1 saturated heterocycles. The lowest BCUT2D eigenvalue weighted by Gasteiger charge is -2.39. The molecule has 1 aliphatic rings. The molecular formula is C23H26BrN3O. The van der Waals surface area contributed by atoms with Gasteiger partial charge in [0, 0.05) is 30.0 Å². The lowest BCUT2D eigenvalue weighted by Crippen LogP contribution is -2.43. The Labute approximate surface area is 174 Å².